The topological polar surface area (TPSA) is 40.5 Å². The fourth-order valence-corrected chi connectivity index (χ4v) is 1.04. The highest BCUT2D eigenvalue weighted by Crippen LogP contribution is 2.02. The maximum atomic E-state index is 10.7. The summed E-state index contributed by atoms with van der Waals surface area (Å²) >= 11 is 0. The van der Waals surface area contributed by atoms with E-state index < -0.39 is 12.0 Å². The Bertz CT molecular complexity index is 266. The van der Waals surface area contributed by atoms with Crippen molar-refractivity contribution in [1.29, 1.82) is 0 Å². The van der Waals surface area contributed by atoms with Crippen molar-refractivity contribution in [2.75, 3.05) is 6.54 Å². The van der Waals surface area contributed by atoms with Gasteiger partial charge in [0.2, 0.25) is 0 Å². The van der Waals surface area contributed by atoms with Crippen LogP contribution in [-0.2, 0) is 4.79 Å². The molecule has 0 aromatic rings. The van der Waals surface area contributed by atoms with Crippen LogP contribution in [0.15, 0.2) is 36.6 Å². The van der Waals surface area contributed by atoms with Crippen LogP contribution >= 0.6 is 0 Å². The Morgan fingerprint density at radius 1 is 1.38 bits per heavy atom. The Morgan fingerprint density at radius 3 is 2.77 bits per heavy atom. The van der Waals surface area contributed by atoms with Crippen molar-refractivity contribution in [2.45, 2.75) is 13.0 Å². The molecule has 1 heterocycles. The van der Waals surface area contributed by atoms with Gasteiger partial charge in [-0.1, -0.05) is 24.3 Å². The molecule has 0 aliphatic carbocycles. The first kappa shape index (κ1) is 9.58. The number of allylic oxidation sites excluding steroid dienone is 4. The Kier molecular flexibility index (Phi) is 3.31. The number of carboxylic acids is 1. The Hall–Kier alpha value is -1.51. The van der Waals surface area contributed by atoms with E-state index in [4.69, 9.17) is 5.11 Å². The van der Waals surface area contributed by atoms with Gasteiger partial charge >= 0.3 is 5.97 Å². The first-order valence-corrected chi connectivity index (χ1v) is 4.20. The van der Waals surface area contributed by atoms with Crippen molar-refractivity contribution in [2.24, 2.45) is 0 Å². The number of hydrogen-bond acceptors (Lipinski definition) is 2. The minimum absolute atomic E-state index is 0.479. The molecular formula is C10H13NO2. The monoisotopic (exact) mass is 179 g/mol. The lowest BCUT2D eigenvalue weighted by Crippen LogP contribution is -2.35. The van der Waals surface area contributed by atoms with E-state index in [2.05, 4.69) is 0 Å². The predicted octanol–water partition coefficient (Wildman–Crippen LogP) is 1.40. The van der Waals surface area contributed by atoms with Crippen molar-refractivity contribution in [3.63, 3.8) is 0 Å². The van der Waals surface area contributed by atoms with Crippen LogP contribution in [0.4, 0.5) is 0 Å². The summed E-state index contributed by atoms with van der Waals surface area (Å²) in [4.78, 5) is 12.4. The lowest BCUT2D eigenvalue weighted by atomic mass is 10.2. The molecule has 3 nitrogen and oxygen atoms in total. The van der Waals surface area contributed by atoms with Gasteiger partial charge in [-0.25, -0.2) is 4.79 Å². The number of hydrogen-bond donors (Lipinski definition) is 1. The fraction of sp³-hybridized carbons (Fsp3) is 0.300. The van der Waals surface area contributed by atoms with Crippen molar-refractivity contribution in [1.82, 2.24) is 4.90 Å². The first-order chi connectivity index (χ1) is 6.22. The lowest BCUT2D eigenvalue weighted by Gasteiger charge is -2.23. The molecule has 0 aromatic heterocycles. The standard InChI is InChI=1S/C10H13NO2/c1-9(10(12)13)11-7-5-3-2-4-6-8-11/h2-7,9H,8H2,1H3,(H,12,13). The maximum Gasteiger partial charge on any atom is 0.326 e. The molecule has 0 saturated carbocycles. The zero-order valence-corrected chi connectivity index (χ0v) is 7.55. The Balaban J connectivity index is 2.69. The summed E-state index contributed by atoms with van der Waals surface area (Å²) in [6.07, 6.45) is 11.3. The van der Waals surface area contributed by atoms with Crippen molar-refractivity contribution in [3.05, 3.63) is 36.6 Å². The maximum absolute atomic E-state index is 10.7. The van der Waals surface area contributed by atoms with Crippen molar-refractivity contribution in [3.8, 4) is 0 Å². The van der Waals surface area contributed by atoms with Crippen LogP contribution in [-0.4, -0.2) is 28.6 Å². The second-order valence-electron chi connectivity index (χ2n) is 2.87. The van der Waals surface area contributed by atoms with Gasteiger partial charge in [0.05, 0.1) is 0 Å². The van der Waals surface area contributed by atoms with Crippen LogP contribution in [0.5, 0.6) is 0 Å². The summed E-state index contributed by atoms with van der Waals surface area (Å²) in [5.74, 6) is -0.803. The van der Waals surface area contributed by atoms with Gasteiger partial charge in [0.25, 0.3) is 0 Å². The van der Waals surface area contributed by atoms with Crippen LogP contribution in [0.25, 0.3) is 0 Å². The van der Waals surface area contributed by atoms with Gasteiger partial charge in [-0.2, -0.15) is 0 Å². The number of aliphatic carboxylic acids is 1. The molecule has 3 heteroatoms. The lowest BCUT2D eigenvalue weighted by molar-refractivity contribution is -0.141. The number of nitrogens with zero attached hydrogens (tertiary/aromatic N) is 1. The number of rotatable bonds is 2. The summed E-state index contributed by atoms with van der Waals surface area (Å²) < 4.78 is 0. The molecule has 0 radical (unpaired) electrons. The van der Waals surface area contributed by atoms with Gasteiger partial charge in [-0.3, -0.25) is 0 Å². The van der Waals surface area contributed by atoms with Crippen LogP contribution in [0, 0.1) is 0 Å². The minimum atomic E-state index is -0.803. The highest BCUT2D eigenvalue weighted by molar-refractivity contribution is 5.73. The van der Waals surface area contributed by atoms with E-state index in [0.29, 0.717) is 6.54 Å². The van der Waals surface area contributed by atoms with Gasteiger partial charge in [0.1, 0.15) is 6.04 Å². The van der Waals surface area contributed by atoms with E-state index in [1.54, 1.807) is 18.0 Å². The molecule has 1 N–H and O–H groups in total. The quantitative estimate of drug-likeness (QED) is 0.696. The van der Waals surface area contributed by atoms with Crippen LogP contribution in [0.1, 0.15) is 6.92 Å². The molecule has 1 aliphatic heterocycles. The average molecular weight is 179 g/mol. The second kappa shape index (κ2) is 4.50. The van der Waals surface area contributed by atoms with Crippen molar-refractivity contribution < 1.29 is 9.90 Å². The molecule has 0 aromatic carbocycles. The van der Waals surface area contributed by atoms with E-state index in [1.165, 1.54) is 0 Å². The summed E-state index contributed by atoms with van der Waals surface area (Å²) in [6.45, 7) is 2.31. The van der Waals surface area contributed by atoms with E-state index in [-0.39, 0.29) is 0 Å². The Morgan fingerprint density at radius 2 is 2.08 bits per heavy atom. The molecule has 0 amide bonds. The third-order valence-corrected chi connectivity index (χ3v) is 1.92. The fourth-order valence-electron chi connectivity index (χ4n) is 1.04. The van der Waals surface area contributed by atoms with Gasteiger partial charge in [-0.05, 0) is 13.0 Å². The minimum Gasteiger partial charge on any atom is -0.480 e. The highest BCUT2D eigenvalue weighted by Gasteiger charge is 2.15. The molecule has 70 valence electrons. The summed E-state index contributed by atoms with van der Waals surface area (Å²) in [5, 5.41) is 8.78. The van der Waals surface area contributed by atoms with Gasteiger partial charge < -0.3 is 10.0 Å². The van der Waals surface area contributed by atoms with E-state index in [9.17, 15) is 4.79 Å². The largest absolute Gasteiger partial charge is 0.480 e. The summed E-state index contributed by atoms with van der Waals surface area (Å²) in [7, 11) is 0. The van der Waals surface area contributed by atoms with Crippen LogP contribution < -0.4 is 0 Å². The summed E-state index contributed by atoms with van der Waals surface area (Å²) in [5.41, 5.74) is 0. The smallest absolute Gasteiger partial charge is 0.326 e. The number of carbonyl (C=O) groups is 1. The SMILES string of the molecule is CC(C(=O)O)N1C=CC=CC=CC1. The highest BCUT2D eigenvalue weighted by atomic mass is 16.4. The molecule has 0 spiro atoms. The zero-order valence-electron chi connectivity index (χ0n) is 7.55. The zero-order chi connectivity index (χ0) is 9.68. The molecule has 1 aliphatic rings. The van der Waals surface area contributed by atoms with E-state index >= 15 is 0 Å². The third kappa shape index (κ3) is 2.78. The summed E-state index contributed by atoms with van der Waals surface area (Å²) in [6, 6.07) is -0.479. The predicted molar refractivity (Wildman–Crippen MR) is 51.2 cm³/mol. The molecule has 0 saturated heterocycles. The van der Waals surface area contributed by atoms with Gasteiger partial charge in [0, 0.05) is 12.7 Å². The normalized spacial score (nSPS) is 18.1. The van der Waals surface area contributed by atoms with Crippen molar-refractivity contribution >= 4 is 5.97 Å². The molecular weight excluding hydrogens is 166 g/mol. The second-order valence-corrected chi connectivity index (χ2v) is 2.87. The van der Waals surface area contributed by atoms with E-state index in [0.717, 1.165) is 0 Å². The van der Waals surface area contributed by atoms with E-state index in [1.807, 2.05) is 30.4 Å². The average Bonchev–Trinajstić information content (AvgIpc) is 2.02. The molecule has 1 unspecified atom stereocenters. The molecule has 1 atom stereocenters. The van der Waals surface area contributed by atoms with Crippen LogP contribution in [0.2, 0.25) is 0 Å². The van der Waals surface area contributed by atoms with Gasteiger partial charge in [-0.15, -0.1) is 0 Å². The molecule has 13 heavy (non-hydrogen) atoms. The first-order valence-electron chi connectivity index (χ1n) is 4.20. The Labute approximate surface area is 77.7 Å². The van der Waals surface area contributed by atoms with Crippen LogP contribution in [0.3, 0.4) is 0 Å². The van der Waals surface area contributed by atoms with Gasteiger partial charge in [0.15, 0.2) is 0 Å². The molecule has 0 bridgehead atoms. The molecule has 0 fully saturated rings. The number of carboxylic acid groups (broad SMARTS) is 1. The molecule has 1 rings (SSSR count). The third-order valence-electron chi connectivity index (χ3n) is 1.92.